The minimum atomic E-state index is -0.920. The molecule has 23 heavy (non-hydrogen) atoms. The van der Waals surface area contributed by atoms with Crippen molar-refractivity contribution < 1.29 is 14.3 Å². The lowest BCUT2D eigenvalue weighted by atomic mass is 10.1. The summed E-state index contributed by atoms with van der Waals surface area (Å²) in [6.07, 6.45) is 0.475. The van der Waals surface area contributed by atoms with Crippen LogP contribution in [-0.4, -0.2) is 37.8 Å². The van der Waals surface area contributed by atoms with Crippen molar-refractivity contribution in [2.75, 3.05) is 6.54 Å². The van der Waals surface area contributed by atoms with E-state index in [9.17, 15) is 14.3 Å². The molecule has 7 nitrogen and oxygen atoms in total. The number of hydrogen-bond donors (Lipinski definition) is 2. The van der Waals surface area contributed by atoms with E-state index in [0.717, 1.165) is 0 Å². The van der Waals surface area contributed by atoms with Crippen LogP contribution < -0.4 is 5.32 Å². The van der Waals surface area contributed by atoms with Gasteiger partial charge in [0.1, 0.15) is 17.0 Å². The molecule has 1 atom stereocenters. The molecule has 0 fully saturated rings. The van der Waals surface area contributed by atoms with E-state index in [1.165, 1.54) is 46.6 Å². The number of aliphatic hydroxyl groups is 1. The third-order valence-corrected chi connectivity index (χ3v) is 4.06. The number of amides is 1. The lowest BCUT2D eigenvalue weighted by Crippen LogP contribution is -2.28. The summed E-state index contributed by atoms with van der Waals surface area (Å²) in [5.74, 6) is -0.721. The van der Waals surface area contributed by atoms with Crippen molar-refractivity contribution in [2.45, 2.75) is 6.10 Å². The zero-order valence-electron chi connectivity index (χ0n) is 11.8. The Morgan fingerprint density at radius 3 is 2.83 bits per heavy atom. The highest BCUT2D eigenvalue weighted by Crippen LogP contribution is 2.20. The fraction of sp³-hybridized carbons (Fsp3) is 0.143. The normalized spacial score (nSPS) is 12.1. The summed E-state index contributed by atoms with van der Waals surface area (Å²) in [6.45, 7) is 0.0113. The number of aromatic nitrogens is 4. The van der Waals surface area contributed by atoms with Crippen molar-refractivity contribution in [1.82, 2.24) is 25.5 Å². The Labute approximate surface area is 134 Å². The predicted octanol–water partition coefficient (Wildman–Crippen LogP) is 1.33. The number of halogens is 1. The summed E-state index contributed by atoms with van der Waals surface area (Å²) in [7, 11) is 0. The van der Waals surface area contributed by atoms with Crippen LogP contribution in [0.25, 0.3) is 5.69 Å². The van der Waals surface area contributed by atoms with Crippen LogP contribution in [0.15, 0.2) is 42.0 Å². The lowest BCUT2D eigenvalue weighted by molar-refractivity contribution is 0.0920. The van der Waals surface area contributed by atoms with Gasteiger partial charge in [-0.2, -0.15) is 4.68 Å². The largest absolute Gasteiger partial charge is 0.387 e. The molecule has 1 unspecified atom stereocenters. The van der Waals surface area contributed by atoms with Gasteiger partial charge in [0.25, 0.3) is 5.91 Å². The minimum Gasteiger partial charge on any atom is -0.387 e. The number of carbonyl (C=O) groups excluding carboxylic acids is 1. The zero-order chi connectivity index (χ0) is 16.2. The molecule has 2 N–H and O–H groups in total. The van der Waals surface area contributed by atoms with E-state index >= 15 is 0 Å². The SMILES string of the molecule is O=C(NCC(O)c1ccc(F)cc1)c1sccc1-n1cnnn1. The highest BCUT2D eigenvalue weighted by atomic mass is 32.1. The van der Waals surface area contributed by atoms with Gasteiger partial charge in [-0.1, -0.05) is 12.1 Å². The minimum absolute atomic E-state index is 0.0113. The van der Waals surface area contributed by atoms with Gasteiger partial charge in [0, 0.05) is 6.54 Å². The monoisotopic (exact) mass is 333 g/mol. The molecule has 0 saturated heterocycles. The Morgan fingerprint density at radius 1 is 1.35 bits per heavy atom. The maximum atomic E-state index is 12.9. The van der Waals surface area contributed by atoms with Crippen LogP contribution in [0.4, 0.5) is 4.39 Å². The van der Waals surface area contributed by atoms with Gasteiger partial charge in [-0.25, -0.2) is 4.39 Å². The molecule has 1 amide bonds. The molecular weight excluding hydrogens is 321 g/mol. The Balaban J connectivity index is 1.66. The summed E-state index contributed by atoms with van der Waals surface area (Å²) in [4.78, 5) is 12.7. The maximum absolute atomic E-state index is 12.9. The van der Waals surface area contributed by atoms with E-state index in [1.807, 2.05) is 0 Å². The van der Waals surface area contributed by atoms with Crippen molar-refractivity contribution in [2.24, 2.45) is 0 Å². The zero-order valence-corrected chi connectivity index (χ0v) is 12.6. The predicted molar refractivity (Wildman–Crippen MR) is 80.7 cm³/mol. The van der Waals surface area contributed by atoms with Gasteiger partial charge >= 0.3 is 0 Å². The first-order chi connectivity index (χ1) is 11.1. The topological polar surface area (TPSA) is 92.9 Å². The van der Waals surface area contributed by atoms with Gasteiger partial charge in [0.05, 0.1) is 11.8 Å². The third kappa shape index (κ3) is 3.41. The van der Waals surface area contributed by atoms with Crippen LogP contribution in [0.3, 0.4) is 0 Å². The molecule has 0 spiro atoms. The first-order valence-corrected chi connectivity index (χ1v) is 7.55. The third-order valence-electron chi connectivity index (χ3n) is 3.16. The van der Waals surface area contributed by atoms with Gasteiger partial charge in [0.15, 0.2) is 0 Å². The Hall–Kier alpha value is -2.65. The quantitative estimate of drug-likeness (QED) is 0.735. The van der Waals surface area contributed by atoms with Crippen molar-refractivity contribution in [1.29, 1.82) is 0 Å². The number of carbonyl (C=O) groups is 1. The molecule has 0 radical (unpaired) electrons. The molecule has 2 aromatic heterocycles. The van der Waals surface area contributed by atoms with Gasteiger partial charge in [-0.3, -0.25) is 4.79 Å². The average Bonchev–Trinajstić information content (AvgIpc) is 3.23. The van der Waals surface area contributed by atoms with E-state index in [4.69, 9.17) is 0 Å². The molecule has 3 aromatic rings. The molecule has 2 heterocycles. The first kappa shape index (κ1) is 15.3. The van der Waals surface area contributed by atoms with Crippen LogP contribution in [0.5, 0.6) is 0 Å². The molecule has 0 saturated carbocycles. The highest BCUT2D eigenvalue weighted by molar-refractivity contribution is 7.12. The molecule has 3 rings (SSSR count). The Kier molecular flexibility index (Phi) is 4.40. The van der Waals surface area contributed by atoms with Gasteiger partial charge in [0.2, 0.25) is 0 Å². The van der Waals surface area contributed by atoms with E-state index in [2.05, 4.69) is 20.8 Å². The van der Waals surface area contributed by atoms with Crippen molar-refractivity contribution >= 4 is 17.2 Å². The Morgan fingerprint density at radius 2 is 2.13 bits per heavy atom. The van der Waals surface area contributed by atoms with Crippen molar-refractivity contribution in [3.63, 3.8) is 0 Å². The number of hydrogen-bond acceptors (Lipinski definition) is 6. The molecule has 0 bridgehead atoms. The number of aliphatic hydroxyl groups excluding tert-OH is 1. The van der Waals surface area contributed by atoms with E-state index in [1.54, 1.807) is 11.4 Å². The smallest absolute Gasteiger partial charge is 0.263 e. The summed E-state index contributed by atoms with van der Waals surface area (Å²) >= 11 is 1.25. The molecule has 118 valence electrons. The summed E-state index contributed by atoms with van der Waals surface area (Å²) < 4.78 is 14.3. The number of nitrogens with one attached hydrogen (secondary N) is 1. The molecular formula is C14H12FN5O2S. The van der Waals surface area contributed by atoms with Gasteiger partial charge in [-0.15, -0.1) is 16.4 Å². The number of nitrogens with zero attached hydrogens (tertiary/aromatic N) is 4. The van der Waals surface area contributed by atoms with E-state index in [0.29, 0.717) is 16.1 Å². The number of thiophene rings is 1. The fourth-order valence-corrected chi connectivity index (χ4v) is 2.79. The lowest BCUT2D eigenvalue weighted by Gasteiger charge is -2.12. The standard InChI is InChI=1S/C14H12FN5O2S/c15-10-3-1-9(2-4-10)12(21)7-16-14(22)13-11(5-6-23-13)20-8-17-18-19-20/h1-6,8,12,21H,7H2,(H,16,22). The van der Waals surface area contributed by atoms with Gasteiger partial charge < -0.3 is 10.4 Å². The van der Waals surface area contributed by atoms with Crippen LogP contribution in [-0.2, 0) is 0 Å². The van der Waals surface area contributed by atoms with Crippen LogP contribution >= 0.6 is 11.3 Å². The second kappa shape index (κ2) is 6.63. The number of tetrazole rings is 1. The van der Waals surface area contributed by atoms with Crippen LogP contribution in [0, 0.1) is 5.82 Å². The average molecular weight is 333 g/mol. The molecule has 1 aromatic carbocycles. The summed E-state index contributed by atoms with van der Waals surface area (Å²) in [5.41, 5.74) is 1.09. The number of benzene rings is 1. The number of rotatable bonds is 5. The van der Waals surface area contributed by atoms with Gasteiger partial charge in [-0.05, 0) is 39.6 Å². The van der Waals surface area contributed by atoms with Crippen molar-refractivity contribution in [3.8, 4) is 5.69 Å². The maximum Gasteiger partial charge on any atom is 0.263 e. The van der Waals surface area contributed by atoms with E-state index < -0.39 is 6.10 Å². The second-order valence-electron chi connectivity index (χ2n) is 4.67. The van der Waals surface area contributed by atoms with Crippen molar-refractivity contribution in [3.05, 3.63) is 58.3 Å². The molecule has 9 heteroatoms. The Bertz CT molecular complexity index is 788. The highest BCUT2D eigenvalue weighted by Gasteiger charge is 2.17. The molecule has 0 aliphatic heterocycles. The second-order valence-corrected chi connectivity index (χ2v) is 5.58. The fourth-order valence-electron chi connectivity index (χ4n) is 2.00. The summed E-state index contributed by atoms with van der Waals surface area (Å²) in [5, 5.41) is 25.3. The van der Waals surface area contributed by atoms with Crippen LogP contribution in [0.2, 0.25) is 0 Å². The molecule has 0 aliphatic carbocycles. The summed E-state index contributed by atoms with van der Waals surface area (Å²) in [6, 6.07) is 7.20. The van der Waals surface area contributed by atoms with E-state index in [-0.39, 0.29) is 18.3 Å². The van der Waals surface area contributed by atoms with Crippen LogP contribution in [0.1, 0.15) is 21.3 Å². The molecule has 0 aliphatic rings. The first-order valence-electron chi connectivity index (χ1n) is 6.67.